The third-order valence-corrected chi connectivity index (χ3v) is 2.60. The summed E-state index contributed by atoms with van der Waals surface area (Å²) < 4.78 is 5.40. The van der Waals surface area contributed by atoms with E-state index in [1.165, 1.54) is 0 Å². The topological polar surface area (TPSA) is 53.3 Å². The van der Waals surface area contributed by atoms with Crippen LogP contribution in [0.5, 0.6) is 0 Å². The van der Waals surface area contributed by atoms with Gasteiger partial charge in [0.15, 0.2) is 0 Å². The molecule has 0 aromatic carbocycles. The van der Waals surface area contributed by atoms with Crippen LogP contribution in [-0.2, 0) is 9.53 Å². The van der Waals surface area contributed by atoms with Crippen molar-refractivity contribution in [2.45, 2.75) is 32.3 Å². The molecular formula is C11H18N2O2. The summed E-state index contributed by atoms with van der Waals surface area (Å²) in [5.74, 6) is -0.112. The lowest BCUT2D eigenvalue weighted by atomic mass is 10.1. The molecule has 4 nitrogen and oxygen atoms in total. The average Bonchev–Trinajstić information content (AvgIpc) is 2.29. The van der Waals surface area contributed by atoms with Crippen LogP contribution in [0.25, 0.3) is 0 Å². The highest BCUT2D eigenvalue weighted by molar-refractivity contribution is 5.80. The van der Waals surface area contributed by atoms with Crippen LogP contribution >= 0.6 is 0 Å². The van der Waals surface area contributed by atoms with Gasteiger partial charge in [-0.15, -0.1) is 0 Å². The van der Waals surface area contributed by atoms with Crippen molar-refractivity contribution in [2.75, 3.05) is 20.2 Å². The Labute approximate surface area is 90.8 Å². The molecule has 4 heteroatoms. The van der Waals surface area contributed by atoms with Gasteiger partial charge in [-0.05, 0) is 26.2 Å². The molecule has 1 aliphatic heterocycles. The molecule has 2 atom stereocenters. The van der Waals surface area contributed by atoms with Gasteiger partial charge in [-0.3, -0.25) is 4.79 Å². The monoisotopic (exact) mass is 210 g/mol. The van der Waals surface area contributed by atoms with Crippen LogP contribution < -0.4 is 0 Å². The van der Waals surface area contributed by atoms with Gasteiger partial charge < -0.3 is 9.64 Å². The summed E-state index contributed by atoms with van der Waals surface area (Å²) in [7, 11) is 1.73. The summed E-state index contributed by atoms with van der Waals surface area (Å²) in [5.41, 5.74) is 0. The van der Waals surface area contributed by atoms with E-state index in [1.807, 2.05) is 6.92 Å². The molecule has 1 aliphatic rings. The average molecular weight is 210 g/mol. The lowest BCUT2D eigenvalue weighted by Gasteiger charge is -2.27. The van der Waals surface area contributed by atoms with Gasteiger partial charge in [0, 0.05) is 20.2 Å². The van der Waals surface area contributed by atoms with Crippen LogP contribution in [0.15, 0.2) is 0 Å². The fourth-order valence-corrected chi connectivity index (χ4v) is 1.72. The Balaban J connectivity index is 2.41. The molecule has 1 fully saturated rings. The first kappa shape index (κ1) is 12.0. The highest BCUT2D eigenvalue weighted by Crippen LogP contribution is 2.14. The number of hydrogen-bond donors (Lipinski definition) is 0. The van der Waals surface area contributed by atoms with Crippen LogP contribution in [0, 0.1) is 17.2 Å². The maximum absolute atomic E-state index is 11.8. The second-order valence-electron chi connectivity index (χ2n) is 4.10. The molecule has 15 heavy (non-hydrogen) atoms. The van der Waals surface area contributed by atoms with Crippen molar-refractivity contribution >= 4 is 5.91 Å². The van der Waals surface area contributed by atoms with E-state index < -0.39 is 0 Å². The number of ether oxygens (including phenoxy) is 1. The molecule has 1 saturated heterocycles. The minimum Gasteiger partial charge on any atom is -0.368 e. The zero-order valence-electron chi connectivity index (χ0n) is 9.40. The zero-order valence-corrected chi connectivity index (χ0v) is 9.40. The number of amides is 1. The van der Waals surface area contributed by atoms with Crippen LogP contribution in [0.2, 0.25) is 0 Å². The number of carbonyl (C=O) groups excluding carboxylic acids is 1. The Hall–Kier alpha value is -1.08. The number of nitriles is 1. The van der Waals surface area contributed by atoms with Crippen molar-refractivity contribution in [2.24, 2.45) is 5.92 Å². The standard InChI is InChI=1S/C11H18N2O2/c1-9(7-12)8-13(2)11(14)10-5-3-4-6-15-10/h9-10H,3-6,8H2,1-2H3. The van der Waals surface area contributed by atoms with Gasteiger partial charge in [0.25, 0.3) is 5.91 Å². The molecular weight excluding hydrogens is 192 g/mol. The van der Waals surface area contributed by atoms with Gasteiger partial charge in [0.2, 0.25) is 0 Å². The van der Waals surface area contributed by atoms with Gasteiger partial charge >= 0.3 is 0 Å². The van der Waals surface area contributed by atoms with Crippen LogP contribution in [0.1, 0.15) is 26.2 Å². The molecule has 0 bridgehead atoms. The third-order valence-electron chi connectivity index (χ3n) is 2.60. The predicted octanol–water partition coefficient (Wildman–Crippen LogP) is 1.17. The number of hydrogen-bond acceptors (Lipinski definition) is 3. The van der Waals surface area contributed by atoms with Crippen molar-refractivity contribution in [3.8, 4) is 6.07 Å². The largest absolute Gasteiger partial charge is 0.368 e. The molecule has 0 radical (unpaired) electrons. The Morgan fingerprint density at radius 1 is 1.67 bits per heavy atom. The van der Waals surface area contributed by atoms with Gasteiger partial charge in [0.1, 0.15) is 6.10 Å². The van der Waals surface area contributed by atoms with E-state index in [0.717, 1.165) is 19.3 Å². The highest BCUT2D eigenvalue weighted by atomic mass is 16.5. The smallest absolute Gasteiger partial charge is 0.251 e. The minimum atomic E-state index is -0.283. The number of carbonyl (C=O) groups is 1. The first-order valence-corrected chi connectivity index (χ1v) is 5.41. The summed E-state index contributed by atoms with van der Waals surface area (Å²) in [5, 5.41) is 8.66. The second kappa shape index (κ2) is 5.72. The maximum atomic E-state index is 11.8. The van der Waals surface area contributed by atoms with Crippen molar-refractivity contribution in [3.05, 3.63) is 0 Å². The highest BCUT2D eigenvalue weighted by Gasteiger charge is 2.25. The van der Waals surface area contributed by atoms with Gasteiger partial charge in [-0.1, -0.05) is 0 Å². The molecule has 0 N–H and O–H groups in total. The van der Waals surface area contributed by atoms with Crippen molar-refractivity contribution in [1.29, 1.82) is 5.26 Å². The normalized spacial score (nSPS) is 22.9. The molecule has 1 heterocycles. The van der Waals surface area contributed by atoms with Gasteiger partial charge in [-0.2, -0.15) is 5.26 Å². The van der Waals surface area contributed by atoms with E-state index in [2.05, 4.69) is 6.07 Å². The number of nitrogens with zero attached hydrogens (tertiary/aromatic N) is 2. The van der Waals surface area contributed by atoms with E-state index in [-0.39, 0.29) is 17.9 Å². The molecule has 1 amide bonds. The Morgan fingerprint density at radius 3 is 2.93 bits per heavy atom. The van der Waals surface area contributed by atoms with Crippen LogP contribution in [0.3, 0.4) is 0 Å². The Morgan fingerprint density at radius 2 is 2.40 bits per heavy atom. The molecule has 0 spiro atoms. The first-order chi connectivity index (χ1) is 7.15. The SMILES string of the molecule is CC(C#N)CN(C)C(=O)C1CCCCO1. The Kier molecular flexibility index (Phi) is 4.57. The molecule has 2 unspecified atom stereocenters. The lowest BCUT2D eigenvalue weighted by molar-refractivity contribution is -0.145. The summed E-state index contributed by atoms with van der Waals surface area (Å²) in [6.07, 6.45) is 2.62. The van der Waals surface area contributed by atoms with E-state index >= 15 is 0 Å². The Bertz CT molecular complexity index is 254. The van der Waals surface area contributed by atoms with Gasteiger partial charge in [0.05, 0.1) is 12.0 Å². The summed E-state index contributed by atoms with van der Waals surface area (Å²) in [6.45, 7) is 2.97. The lowest BCUT2D eigenvalue weighted by Crippen LogP contribution is -2.41. The van der Waals surface area contributed by atoms with Crippen LogP contribution in [-0.4, -0.2) is 37.1 Å². The molecule has 0 aliphatic carbocycles. The summed E-state index contributed by atoms with van der Waals surface area (Å²) >= 11 is 0. The molecule has 1 rings (SSSR count). The first-order valence-electron chi connectivity index (χ1n) is 5.41. The molecule has 84 valence electrons. The summed E-state index contributed by atoms with van der Waals surface area (Å²) in [6, 6.07) is 2.12. The maximum Gasteiger partial charge on any atom is 0.251 e. The third kappa shape index (κ3) is 3.52. The number of likely N-dealkylation sites (N-methyl/N-ethyl adjacent to an activating group) is 1. The van der Waals surface area contributed by atoms with Crippen molar-refractivity contribution < 1.29 is 9.53 Å². The molecule has 0 aromatic rings. The van der Waals surface area contributed by atoms with E-state index in [0.29, 0.717) is 13.2 Å². The fourth-order valence-electron chi connectivity index (χ4n) is 1.72. The fraction of sp³-hybridized carbons (Fsp3) is 0.818. The molecule has 0 saturated carbocycles. The van der Waals surface area contributed by atoms with Crippen molar-refractivity contribution in [1.82, 2.24) is 4.90 Å². The van der Waals surface area contributed by atoms with E-state index in [9.17, 15) is 4.79 Å². The van der Waals surface area contributed by atoms with Crippen LogP contribution in [0.4, 0.5) is 0 Å². The van der Waals surface area contributed by atoms with Crippen molar-refractivity contribution in [3.63, 3.8) is 0 Å². The zero-order chi connectivity index (χ0) is 11.3. The quantitative estimate of drug-likeness (QED) is 0.702. The predicted molar refractivity (Wildman–Crippen MR) is 56.0 cm³/mol. The minimum absolute atomic E-state index is 0.0109. The molecule has 0 aromatic heterocycles. The van der Waals surface area contributed by atoms with E-state index in [4.69, 9.17) is 10.00 Å². The van der Waals surface area contributed by atoms with E-state index in [1.54, 1.807) is 11.9 Å². The number of rotatable bonds is 3. The second-order valence-corrected chi connectivity index (χ2v) is 4.10. The summed E-state index contributed by atoms with van der Waals surface area (Å²) in [4.78, 5) is 13.4. The van der Waals surface area contributed by atoms with Gasteiger partial charge in [-0.25, -0.2) is 0 Å².